The highest BCUT2D eigenvalue weighted by atomic mass is 32.2. The quantitative estimate of drug-likeness (QED) is 0.570. The molecule has 26 heavy (non-hydrogen) atoms. The van der Waals surface area contributed by atoms with Crippen molar-refractivity contribution in [1.29, 1.82) is 0 Å². The van der Waals surface area contributed by atoms with Crippen molar-refractivity contribution in [3.05, 3.63) is 63.7 Å². The fraction of sp³-hybridized carbons (Fsp3) is 0.333. The summed E-state index contributed by atoms with van der Waals surface area (Å²) in [4.78, 5) is 10.7. The van der Waals surface area contributed by atoms with Gasteiger partial charge in [0, 0.05) is 19.2 Å². The summed E-state index contributed by atoms with van der Waals surface area (Å²) in [6.45, 7) is 3.03. The molecule has 0 atom stereocenters. The summed E-state index contributed by atoms with van der Waals surface area (Å²) in [5.74, 6) is 0.0518. The average molecular weight is 376 g/mol. The second-order valence-corrected chi connectivity index (χ2v) is 8.21. The highest BCUT2D eigenvalue weighted by Crippen LogP contribution is 2.32. The predicted molar refractivity (Wildman–Crippen MR) is 96.6 cm³/mol. The van der Waals surface area contributed by atoms with Gasteiger partial charge in [-0.05, 0) is 37.5 Å². The van der Waals surface area contributed by atoms with Crippen molar-refractivity contribution < 1.29 is 18.1 Å². The first-order chi connectivity index (χ1) is 12.4. The Balaban J connectivity index is 1.85. The van der Waals surface area contributed by atoms with E-state index in [1.807, 2.05) is 31.2 Å². The number of aryl methyl sites for hydroxylation is 1. The van der Waals surface area contributed by atoms with Crippen molar-refractivity contribution in [2.75, 3.05) is 13.1 Å². The summed E-state index contributed by atoms with van der Waals surface area (Å²) >= 11 is 0. The van der Waals surface area contributed by atoms with Gasteiger partial charge in [0.25, 0.3) is 0 Å². The third kappa shape index (κ3) is 3.86. The van der Waals surface area contributed by atoms with Gasteiger partial charge in [-0.3, -0.25) is 10.1 Å². The number of rotatable bonds is 6. The molecule has 0 bridgehead atoms. The van der Waals surface area contributed by atoms with E-state index in [9.17, 15) is 18.5 Å². The molecule has 1 aliphatic heterocycles. The van der Waals surface area contributed by atoms with Crippen LogP contribution < -0.4 is 4.74 Å². The van der Waals surface area contributed by atoms with Gasteiger partial charge in [-0.25, -0.2) is 8.42 Å². The van der Waals surface area contributed by atoms with Gasteiger partial charge >= 0.3 is 5.69 Å². The molecule has 1 fully saturated rings. The van der Waals surface area contributed by atoms with Crippen LogP contribution in [0.2, 0.25) is 0 Å². The summed E-state index contributed by atoms with van der Waals surface area (Å²) < 4.78 is 32.1. The minimum Gasteiger partial charge on any atom is -0.482 e. The summed E-state index contributed by atoms with van der Waals surface area (Å²) in [6, 6.07) is 11.4. The van der Waals surface area contributed by atoms with Gasteiger partial charge in [0.1, 0.15) is 6.61 Å². The molecular formula is C18H20N2O5S. The van der Waals surface area contributed by atoms with Crippen molar-refractivity contribution >= 4 is 15.7 Å². The Hall–Kier alpha value is -2.45. The van der Waals surface area contributed by atoms with Gasteiger partial charge < -0.3 is 4.74 Å². The van der Waals surface area contributed by atoms with Crippen LogP contribution in [0.5, 0.6) is 5.75 Å². The molecule has 0 N–H and O–H groups in total. The fourth-order valence-electron chi connectivity index (χ4n) is 2.85. The lowest BCUT2D eigenvalue weighted by atomic mass is 10.2. The molecule has 0 radical (unpaired) electrons. The Morgan fingerprint density at radius 3 is 2.38 bits per heavy atom. The standard InChI is InChI=1S/C18H20N2O5S/c1-14-4-6-15(7-5-14)13-25-18-9-8-16(12-17(18)20(21)22)26(23,24)19-10-2-3-11-19/h4-9,12H,2-3,10-11,13H2,1H3. The van der Waals surface area contributed by atoms with Crippen molar-refractivity contribution in [1.82, 2.24) is 4.31 Å². The Bertz CT molecular complexity index is 904. The van der Waals surface area contributed by atoms with E-state index in [4.69, 9.17) is 4.74 Å². The fourth-order valence-corrected chi connectivity index (χ4v) is 4.38. The summed E-state index contributed by atoms with van der Waals surface area (Å²) in [6.07, 6.45) is 1.61. The first-order valence-corrected chi connectivity index (χ1v) is 9.79. The van der Waals surface area contributed by atoms with E-state index in [2.05, 4.69) is 0 Å². The van der Waals surface area contributed by atoms with E-state index < -0.39 is 14.9 Å². The SMILES string of the molecule is Cc1ccc(COc2ccc(S(=O)(=O)N3CCCC3)cc2[N+](=O)[O-])cc1. The molecule has 0 unspecified atom stereocenters. The highest BCUT2D eigenvalue weighted by Gasteiger charge is 2.29. The first-order valence-electron chi connectivity index (χ1n) is 8.35. The van der Waals surface area contributed by atoms with Crippen molar-refractivity contribution in [3.8, 4) is 5.75 Å². The molecule has 3 rings (SSSR count). The largest absolute Gasteiger partial charge is 0.482 e. The van der Waals surface area contributed by atoms with Gasteiger partial charge in [-0.2, -0.15) is 4.31 Å². The summed E-state index contributed by atoms with van der Waals surface area (Å²) in [5, 5.41) is 11.4. The molecule has 0 amide bonds. The number of hydrogen-bond acceptors (Lipinski definition) is 5. The van der Waals surface area contributed by atoms with E-state index >= 15 is 0 Å². The van der Waals surface area contributed by atoms with E-state index in [0.717, 1.165) is 30.0 Å². The summed E-state index contributed by atoms with van der Waals surface area (Å²) in [5.41, 5.74) is 1.63. The number of nitro groups is 1. The third-order valence-electron chi connectivity index (χ3n) is 4.34. The normalized spacial score (nSPS) is 15.1. The maximum atomic E-state index is 12.6. The maximum Gasteiger partial charge on any atom is 0.312 e. The molecule has 8 heteroatoms. The third-order valence-corrected chi connectivity index (χ3v) is 6.24. The molecule has 2 aromatic carbocycles. The van der Waals surface area contributed by atoms with E-state index in [1.54, 1.807) is 0 Å². The Morgan fingerprint density at radius 2 is 1.77 bits per heavy atom. The average Bonchev–Trinajstić information content (AvgIpc) is 3.16. The monoisotopic (exact) mass is 376 g/mol. The zero-order valence-corrected chi connectivity index (χ0v) is 15.2. The molecule has 138 valence electrons. The van der Waals surface area contributed by atoms with Crippen molar-refractivity contribution in [2.24, 2.45) is 0 Å². The van der Waals surface area contributed by atoms with Crippen LogP contribution in [0.3, 0.4) is 0 Å². The molecule has 0 aromatic heterocycles. The minimum atomic E-state index is -3.71. The Labute approximate surface area is 152 Å². The molecule has 1 aliphatic rings. The maximum absolute atomic E-state index is 12.6. The van der Waals surface area contributed by atoms with Gasteiger partial charge in [-0.15, -0.1) is 0 Å². The number of ether oxygens (including phenoxy) is 1. The molecule has 2 aromatic rings. The van der Waals surface area contributed by atoms with Gasteiger partial charge in [-0.1, -0.05) is 29.8 Å². The predicted octanol–water partition coefficient (Wildman–Crippen LogP) is 3.27. The zero-order valence-electron chi connectivity index (χ0n) is 14.4. The number of nitro benzene ring substituents is 1. The molecule has 1 heterocycles. The van der Waals surface area contributed by atoms with Crippen LogP contribution in [-0.4, -0.2) is 30.7 Å². The van der Waals surface area contributed by atoms with Crippen LogP contribution in [0.1, 0.15) is 24.0 Å². The second-order valence-electron chi connectivity index (χ2n) is 6.27. The lowest BCUT2D eigenvalue weighted by Crippen LogP contribution is -2.27. The van der Waals surface area contributed by atoms with Crippen LogP contribution in [0.15, 0.2) is 47.4 Å². The zero-order chi connectivity index (χ0) is 18.7. The minimum absolute atomic E-state index is 0.0518. The number of hydrogen-bond donors (Lipinski definition) is 0. The van der Waals surface area contributed by atoms with Crippen molar-refractivity contribution in [2.45, 2.75) is 31.3 Å². The molecule has 0 saturated carbocycles. The van der Waals surface area contributed by atoms with E-state index in [0.29, 0.717) is 13.1 Å². The van der Waals surface area contributed by atoms with Gasteiger partial charge in [0.05, 0.1) is 9.82 Å². The van der Waals surface area contributed by atoms with Crippen molar-refractivity contribution in [3.63, 3.8) is 0 Å². The lowest BCUT2D eigenvalue weighted by Gasteiger charge is -2.16. The van der Waals surface area contributed by atoms with E-state index in [1.165, 1.54) is 16.4 Å². The summed E-state index contributed by atoms with van der Waals surface area (Å²) in [7, 11) is -3.71. The lowest BCUT2D eigenvalue weighted by molar-refractivity contribution is -0.386. The van der Waals surface area contributed by atoms with E-state index in [-0.39, 0.29) is 22.9 Å². The Morgan fingerprint density at radius 1 is 1.12 bits per heavy atom. The van der Waals surface area contributed by atoms with Crippen LogP contribution in [-0.2, 0) is 16.6 Å². The number of sulfonamides is 1. The number of nitrogens with zero attached hydrogens (tertiary/aromatic N) is 2. The second kappa shape index (κ2) is 7.43. The van der Waals surface area contributed by atoms with Gasteiger partial charge in [0.15, 0.2) is 5.75 Å². The van der Waals surface area contributed by atoms with Crippen LogP contribution >= 0.6 is 0 Å². The first kappa shape index (κ1) is 18.3. The van der Waals surface area contributed by atoms with Crippen LogP contribution in [0, 0.1) is 17.0 Å². The molecule has 7 nitrogen and oxygen atoms in total. The Kier molecular flexibility index (Phi) is 5.24. The smallest absolute Gasteiger partial charge is 0.312 e. The molecule has 0 aliphatic carbocycles. The molecular weight excluding hydrogens is 356 g/mol. The topological polar surface area (TPSA) is 89.8 Å². The van der Waals surface area contributed by atoms with Crippen LogP contribution in [0.4, 0.5) is 5.69 Å². The van der Waals surface area contributed by atoms with Crippen LogP contribution in [0.25, 0.3) is 0 Å². The van der Waals surface area contributed by atoms with Gasteiger partial charge in [0.2, 0.25) is 10.0 Å². The number of benzene rings is 2. The highest BCUT2D eigenvalue weighted by molar-refractivity contribution is 7.89. The molecule has 1 saturated heterocycles. The molecule has 0 spiro atoms.